The Morgan fingerprint density at radius 3 is 1.30 bits per heavy atom. The van der Waals surface area contributed by atoms with Gasteiger partial charge in [0.15, 0.2) is 0 Å². The number of imidazole rings is 2. The fourth-order valence-electron chi connectivity index (χ4n) is 9.23. The molecule has 0 fully saturated rings. The summed E-state index contributed by atoms with van der Waals surface area (Å²) in [5.74, 6) is 1.81. The van der Waals surface area contributed by atoms with Crippen molar-refractivity contribution in [3.05, 3.63) is 218 Å². The molecule has 0 saturated carbocycles. The van der Waals surface area contributed by atoms with E-state index in [2.05, 4.69) is 228 Å². The highest BCUT2D eigenvalue weighted by atomic mass is 15.1. The van der Waals surface area contributed by atoms with E-state index >= 15 is 0 Å². The molecule has 0 radical (unpaired) electrons. The van der Waals surface area contributed by atoms with Crippen LogP contribution in [0.15, 0.2) is 218 Å². The van der Waals surface area contributed by atoms with Gasteiger partial charge in [-0.25, -0.2) is 9.97 Å². The van der Waals surface area contributed by atoms with E-state index in [-0.39, 0.29) is 0 Å². The van der Waals surface area contributed by atoms with Crippen LogP contribution >= 0.6 is 0 Å². The van der Waals surface area contributed by atoms with Crippen LogP contribution in [0, 0.1) is 0 Å². The molecule has 4 nitrogen and oxygen atoms in total. The van der Waals surface area contributed by atoms with Gasteiger partial charge < -0.3 is 0 Å². The minimum Gasteiger partial charge on any atom is -0.292 e. The first-order valence-corrected chi connectivity index (χ1v) is 20.4. The molecule has 0 spiro atoms. The third-order valence-electron chi connectivity index (χ3n) is 11.9. The van der Waals surface area contributed by atoms with Crippen molar-refractivity contribution in [1.82, 2.24) is 19.1 Å². The third kappa shape index (κ3) is 5.39. The lowest BCUT2D eigenvalue weighted by molar-refractivity contribution is 1.11. The number of rotatable bonds is 6. The molecule has 10 aromatic carbocycles. The van der Waals surface area contributed by atoms with Crippen LogP contribution in [0.1, 0.15) is 0 Å². The van der Waals surface area contributed by atoms with Gasteiger partial charge in [0, 0.05) is 21.9 Å². The zero-order valence-electron chi connectivity index (χ0n) is 32.6. The fourth-order valence-corrected chi connectivity index (χ4v) is 9.23. The van der Waals surface area contributed by atoms with Crippen molar-refractivity contribution in [3.8, 4) is 56.4 Å². The lowest BCUT2D eigenvalue weighted by Gasteiger charge is -2.21. The summed E-state index contributed by atoms with van der Waals surface area (Å²) < 4.78 is 4.71. The molecular weight excluding hydrogens is 729 g/mol. The highest BCUT2D eigenvalue weighted by Gasteiger charge is 2.23. The van der Waals surface area contributed by atoms with E-state index in [0.29, 0.717) is 0 Å². The predicted octanol–water partition coefficient (Wildman–Crippen LogP) is 14.5. The molecule has 0 bridgehead atoms. The molecule has 0 atom stereocenters. The summed E-state index contributed by atoms with van der Waals surface area (Å²) in [5.41, 5.74) is 13.0. The summed E-state index contributed by atoms with van der Waals surface area (Å²) in [6, 6.07) is 78.2. The van der Waals surface area contributed by atoms with E-state index in [1.807, 2.05) is 0 Å². The van der Waals surface area contributed by atoms with Crippen molar-refractivity contribution in [2.75, 3.05) is 0 Å². The Morgan fingerprint density at radius 1 is 0.300 bits per heavy atom. The molecule has 4 heteroatoms. The zero-order chi connectivity index (χ0) is 39.6. The molecule has 2 aromatic heterocycles. The zero-order valence-corrected chi connectivity index (χ0v) is 32.6. The maximum absolute atomic E-state index is 5.28. The van der Waals surface area contributed by atoms with Crippen molar-refractivity contribution in [2.24, 2.45) is 0 Å². The molecule has 0 aliphatic heterocycles. The van der Waals surface area contributed by atoms with Gasteiger partial charge in [-0.05, 0) is 98.4 Å². The van der Waals surface area contributed by atoms with Gasteiger partial charge >= 0.3 is 0 Å². The number of benzene rings is 10. The Labute approximate surface area is 346 Å². The van der Waals surface area contributed by atoms with Gasteiger partial charge in [0.25, 0.3) is 0 Å². The van der Waals surface area contributed by atoms with Crippen LogP contribution < -0.4 is 0 Å². The van der Waals surface area contributed by atoms with Gasteiger partial charge in [-0.3, -0.25) is 9.13 Å². The Bertz CT molecular complexity index is 3410. The van der Waals surface area contributed by atoms with E-state index in [1.54, 1.807) is 0 Å². The first-order valence-electron chi connectivity index (χ1n) is 20.4. The summed E-state index contributed by atoms with van der Waals surface area (Å²) in [5, 5.41) is 7.01. The van der Waals surface area contributed by atoms with Crippen LogP contribution in [0.5, 0.6) is 0 Å². The number of nitrogens with zero attached hydrogens (tertiary/aromatic N) is 4. The monoisotopic (exact) mass is 764 g/mol. The van der Waals surface area contributed by atoms with E-state index in [9.17, 15) is 0 Å². The molecule has 60 heavy (non-hydrogen) atoms. The summed E-state index contributed by atoms with van der Waals surface area (Å²) in [6.45, 7) is 0. The van der Waals surface area contributed by atoms with Crippen LogP contribution in [0.25, 0.3) is 111 Å². The maximum atomic E-state index is 5.28. The molecule has 12 rings (SSSR count). The number of hydrogen-bond acceptors (Lipinski definition) is 2. The molecule has 12 aromatic rings. The number of fused-ring (bicyclic) bond motifs is 5. The van der Waals surface area contributed by atoms with Gasteiger partial charge in [0.1, 0.15) is 11.6 Å². The van der Waals surface area contributed by atoms with Gasteiger partial charge in [-0.1, -0.05) is 164 Å². The minimum atomic E-state index is 0.905. The maximum Gasteiger partial charge on any atom is 0.145 e. The average Bonchev–Trinajstić information content (AvgIpc) is 3.90. The van der Waals surface area contributed by atoms with Crippen LogP contribution in [0.4, 0.5) is 0 Å². The van der Waals surface area contributed by atoms with Gasteiger partial charge in [0.05, 0.1) is 33.4 Å². The number of para-hydroxylation sites is 4. The minimum absolute atomic E-state index is 0.905. The lowest BCUT2D eigenvalue weighted by atomic mass is 9.86. The molecule has 0 unspecified atom stereocenters. The average molecular weight is 765 g/mol. The van der Waals surface area contributed by atoms with Crippen molar-refractivity contribution >= 4 is 54.4 Å². The van der Waals surface area contributed by atoms with Crippen LogP contribution in [-0.2, 0) is 0 Å². The second-order valence-electron chi connectivity index (χ2n) is 15.4. The van der Waals surface area contributed by atoms with Crippen molar-refractivity contribution in [1.29, 1.82) is 0 Å². The summed E-state index contributed by atoms with van der Waals surface area (Å²) in [6.07, 6.45) is 0. The van der Waals surface area contributed by atoms with Crippen LogP contribution in [0.3, 0.4) is 0 Å². The quantitative estimate of drug-likeness (QED) is 0.158. The smallest absolute Gasteiger partial charge is 0.145 e. The van der Waals surface area contributed by atoms with E-state index in [4.69, 9.17) is 9.97 Å². The van der Waals surface area contributed by atoms with Crippen LogP contribution in [-0.4, -0.2) is 19.1 Å². The molecule has 2 heterocycles. The summed E-state index contributed by atoms with van der Waals surface area (Å²) >= 11 is 0. The standard InChI is InChI=1S/C56H36N4/c1-4-18-37(19-5-1)41-34-40-24-10-11-25-42(40)47(35-41)54-43-26-16-32-50(59-52-30-14-12-28-48(52)57-55(59)38-20-6-2-7-21-38)45(43)36-46-44(54)27-17-33-51(46)60-53-31-15-13-29-49(53)58-56(60)39-22-8-3-9-23-39/h1-36H. The summed E-state index contributed by atoms with van der Waals surface area (Å²) in [7, 11) is 0. The first kappa shape index (κ1) is 34.0. The van der Waals surface area contributed by atoms with Crippen molar-refractivity contribution < 1.29 is 0 Å². The first-order chi connectivity index (χ1) is 29.8. The van der Waals surface area contributed by atoms with E-state index in [0.717, 1.165) is 67.0 Å². The highest BCUT2D eigenvalue weighted by molar-refractivity contribution is 6.20. The molecule has 0 aliphatic carbocycles. The lowest BCUT2D eigenvalue weighted by Crippen LogP contribution is -2.02. The van der Waals surface area contributed by atoms with E-state index < -0.39 is 0 Å². The highest BCUT2D eigenvalue weighted by Crippen LogP contribution is 2.46. The number of aromatic nitrogens is 4. The Morgan fingerprint density at radius 2 is 0.750 bits per heavy atom. The van der Waals surface area contributed by atoms with Gasteiger partial charge in [-0.15, -0.1) is 0 Å². The Balaban J connectivity index is 1.26. The largest absolute Gasteiger partial charge is 0.292 e. The predicted molar refractivity (Wildman–Crippen MR) is 250 cm³/mol. The second-order valence-corrected chi connectivity index (χ2v) is 15.4. The molecule has 0 saturated heterocycles. The summed E-state index contributed by atoms with van der Waals surface area (Å²) in [4.78, 5) is 10.6. The van der Waals surface area contributed by atoms with Crippen molar-refractivity contribution in [3.63, 3.8) is 0 Å². The van der Waals surface area contributed by atoms with Gasteiger partial charge in [-0.2, -0.15) is 0 Å². The normalized spacial score (nSPS) is 11.7. The third-order valence-corrected chi connectivity index (χ3v) is 11.9. The fraction of sp³-hybridized carbons (Fsp3) is 0. The molecule has 280 valence electrons. The topological polar surface area (TPSA) is 35.6 Å². The molecule has 0 N–H and O–H groups in total. The van der Waals surface area contributed by atoms with Crippen molar-refractivity contribution in [2.45, 2.75) is 0 Å². The second kappa shape index (κ2) is 13.8. The molecule has 0 amide bonds. The SMILES string of the molecule is c1ccc(-c2cc(-c3c4cccc(-n5c(-c6ccccc6)nc6ccccc65)c4cc4c(-n5c(-c6ccccc6)nc6ccccc65)cccc34)c3ccccc3c2)cc1. The molecular formula is C56H36N4. The van der Waals surface area contributed by atoms with Gasteiger partial charge in [0.2, 0.25) is 0 Å². The van der Waals surface area contributed by atoms with Crippen LogP contribution in [0.2, 0.25) is 0 Å². The number of hydrogen-bond donors (Lipinski definition) is 0. The molecule has 0 aliphatic rings. The Hall–Kier alpha value is -8.08. The Kier molecular flexibility index (Phi) is 7.82. The van der Waals surface area contributed by atoms with E-state index in [1.165, 1.54) is 43.8 Å².